The first kappa shape index (κ1) is 12.6. The lowest BCUT2D eigenvalue weighted by atomic mass is 10.3. The monoisotopic (exact) mass is 225 g/mol. The molecule has 1 rings (SSSR count). The average Bonchev–Trinajstić information content (AvgIpc) is 2.29. The van der Waals surface area contributed by atoms with Gasteiger partial charge in [-0.15, -0.1) is 0 Å². The minimum Gasteiger partial charge on any atom is -0.497 e. The summed E-state index contributed by atoms with van der Waals surface area (Å²) in [5.41, 5.74) is 6.40. The van der Waals surface area contributed by atoms with Gasteiger partial charge in [-0.05, 0) is 26.0 Å². The lowest BCUT2D eigenvalue weighted by Gasteiger charge is -2.16. The molecule has 2 N–H and O–H groups in total. The molecular weight excluding hydrogens is 206 g/mol. The van der Waals surface area contributed by atoms with Gasteiger partial charge in [-0.2, -0.15) is 0 Å². The molecule has 1 unspecified atom stereocenters. The Morgan fingerprint density at radius 2 is 2.12 bits per heavy atom. The van der Waals surface area contributed by atoms with Crippen molar-refractivity contribution in [3.05, 3.63) is 18.2 Å². The Labute approximate surface area is 96.3 Å². The van der Waals surface area contributed by atoms with Crippen molar-refractivity contribution in [2.45, 2.75) is 20.0 Å². The summed E-state index contributed by atoms with van der Waals surface area (Å²) in [6.07, 6.45) is -0.0330. The summed E-state index contributed by atoms with van der Waals surface area (Å²) in [5.74, 6) is 1.36. The van der Waals surface area contributed by atoms with E-state index in [1.807, 2.05) is 13.8 Å². The lowest BCUT2D eigenvalue weighted by molar-refractivity contribution is 0.0660. The largest absolute Gasteiger partial charge is 0.497 e. The highest BCUT2D eigenvalue weighted by molar-refractivity contribution is 5.55. The number of hydrogen-bond acceptors (Lipinski definition) is 4. The van der Waals surface area contributed by atoms with Crippen molar-refractivity contribution in [1.82, 2.24) is 0 Å². The molecule has 0 saturated heterocycles. The molecule has 4 heteroatoms. The van der Waals surface area contributed by atoms with Crippen LogP contribution in [0, 0.1) is 0 Å². The zero-order valence-corrected chi connectivity index (χ0v) is 10.0. The van der Waals surface area contributed by atoms with Crippen LogP contribution in [0.15, 0.2) is 18.2 Å². The zero-order valence-electron chi connectivity index (χ0n) is 10.0. The number of ether oxygens (including phenoxy) is 3. The van der Waals surface area contributed by atoms with Crippen LogP contribution in [0.5, 0.6) is 11.5 Å². The van der Waals surface area contributed by atoms with Gasteiger partial charge in [-0.3, -0.25) is 0 Å². The van der Waals surface area contributed by atoms with Crippen LogP contribution in [-0.2, 0) is 4.74 Å². The molecule has 1 atom stereocenters. The van der Waals surface area contributed by atoms with Gasteiger partial charge < -0.3 is 19.9 Å². The number of methoxy groups -OCH3 is 1. The van der Waals surface area contributed by atoms with Crippen LogP contribution < -0.4 is 15.2 Å². The first-order chi connectivity index (χ1) is 7.67. The van der Waals surface area contributed by atoms with Gasteiger partial charge in [0.15, 0.2) is 0 Å². The number of nitrogens with two attached hydrogens (primary N) is 1. The van der Waals surface area contributed by atoms with E-state index >= 15 is 0 Å². The standard InChI is InChI=1S/C12H19NO3/c1-4-15-8-9(2)16-12-7-10(14-3)5-6-11(12)13/h5-7,9H,4,8,13H2,1-3H3. The van der Waals surface area contributed by atoms with Crippen molar-refractivity contribution in [1.29, 1.82) is 0 Å². The fourth-order valence-corrected chi connectivity index (χ4v) is 1.28. The van der Waals surface area contributed by atoms with Crippen LogP contribution in [0.3, 0.4) is 0 Å². The molecule has 0 saturated carbocycles. The number of nitrogen functional groups attached to an aromatic ring is 1. The minimum atomic E-state index is -0.0330. The summed E-state index contributed by atoms with van der Waals surface area (Å²) in [7, 11) is 1.61. The zero-order chi connectivity index (χ0) is 12.0. The third-order valence-electron chi connectivity index (χ3n) is 2.11. The van der Waals surface area contributed by atoms with Crippen LogP contribution in [0.25, 0.3) is 0 Å². The minimum absolute atomic E-state index is 0.0330. The summed E-state index contributed by atoms with van der Waals surface area (Å²) >= 11 is 0. The summed E-state index contributed by atoms with van der Waals surface area (Å²) in [6, 6.07) is 5.34. The molecule has 16 heavy (non-hydrogen) atoms. The predicted molar refractivity (Wildman–Crippen MR) is 64.0 cm³/mol. The molecule has 0 aromatic heterocycles. The summed E-state index contributed by atoms with van der Waals surface area (Å²) in [6.45, 7) is 5.12. The Hall–Kier alpha value is -1.42. The maximum atomic E-state index is 5.80. The third-order valence-corrected chi connectivity index (χ3v) is 2.11. The second kappa shape index (κ2) is 6.23. The topological polar surface area (TPSA) is 53.7 Å². The highest BCUT2D eigenvalue weighted by atomic mass is 16.5. The quantitative estimate of drug-likeness (QED) is 0.753. The SMILES string of the molecule is CCOCC(C)Oc1cc(OC)ccc1N. The Kier molecular flexibility index (Phi) is 4.92. The van der Waals surface area contributed by atoms with E-state index in [2.05, 4.69) is 0 Å². The average molecular weight is 225 g/mol. The molecule has 0 aliphatic carbocycles. The molecular formula is C12H19NO3. The molecule has 0 heterocycles. The van der Waals surface area contributed by atoms with E-state index in [0.29, 0.717) is 24.7 Å². The van der Waals surface area contributed by atoms with Gasteiger partial charge in [0, 0.05) is 12.7 Å². The molecule has 0 radical (unpaired) electrons. The Bertz CT molecular complexity index is 328. The first-order valence-corrected chi connectivity index (χ1v) is 5.35. The highest BCUT2D eigenvalue weighted by Crippen LogP contribution is 2.27. The van der Waals surface area contributed by atoms with E-state index in [-0.39, 0.29) is 6.10 Å². The van der Waals surface area contributed by atoms with E-state index in [0.717, 1.165) is 5.75 Å². The molecule has 0 amide bonds. The van der Waals surface area contributed by atoms with Crippen molar-refractivity contribution in [2.24, 2.45) is 0 Å². The molecule has 0 bridgehead atoms. The van der Waals surface area contributed by atoms with Crippen LogP contribution in [0.1, 0.15) is 13.8 Å². The number of benzene rings is 1. The first-order valence-electron chi connectivity index (χ1n) is 5.35. The van der Waals surface area contributed by atoms with Crippen molar-refractivity contribution in [3.63, 3.8) is 0 Å². The molecule has 0 fully saturated rings. The van der Waals surface area contributed by atoms with Gasteiger partial charge >= 0.3 is 0 Å². The fourth-order valence-electron chi connectivity index (χ4n) is 1.28. The Morgan fingerprint density at radius 3 is 2.75 bits per heavy atom. The van der Waals surface area contributed by atoms with E-state index < -0.39 is 0 Å². The van der Waals surface area contributed by atoms with Crippen LogP contribution in [-0.4, -0.2) is 26.4 Å². The normalized spacial score (nSPS) is 12.2. The Balaban J connectivity index is 2.64. The number of hydrogen-bond donors (Lipinski definition) is 1. The lowest BCUT2D eigenvalue weighted by Crippen LogP contribution is -2.19. The molecule has 1 aromatic carbocycles. The second-order valence-corrected chi connectivity index (χ2v) is 3.49. The van der Waals surface area contributed by atoms with Crippen LogP contribution in [0.4, 0.5) is 5.69 Å². The van der Waals surface area contributed by atoms with Gasteiger partial charge in [-0.1, -0.05) is 0 Å². The summed E-state index contributed by atoms with van der Waals surface area (Å²) < 4.78 is 16.0. The number of rotatable bonds is 6. The van der Waals surface area contributed by atoms with Gasteiger partial charge in [0.05, 0.1) is 19.4 Å². The molecule has 0 spiro atoms. The van der Waals surface area contributed by atoms with E-state index in [1.54, 1.807) is 25.3 Å². The maximum Gasteiger partial charge on any atom is 0.146 e. The molecule has 4 nitrogen and oxygen atoms in total. The van der Waals surface area contributed by atoms with E-state index in [1.165, 1.54) is 0 Å². The smallest absolute Gasteiger partial charge is 0.146 e. The van der Waals surface area contributed by atoms with Gasteiger partial charge in [0.1, 0.15) is 17.6 Å². The van der Waals surface area contributed by atoms with Crippen molar-refractivity contribution >= 4 is 5.69 Å². The van der Waals surface area contributed by atoms with E-state index in [9.17, 15) is 0 Å². The summed E-state index contributed by atoms with van der Waals surface area (Å²) in [4.78, 5) is 0. The molecule has 0 aliphatic heterocycles. The second-order valence-electron chi connectivity index (χ2n) is 3.49. The van der Waals surface area contributed by atoms with Crippen LogP contribution >= 0.6 is 0 Å². The predicted octanol–water partition coefficient (Wildman–Crippen LogP) is 2.08. The highest BCUT2D eigenvalue weighted by Gasteiger charge is 2.08. The maximum absolute atomic E-state index is 5.80. The third kappa shape index (κ3) is 3.62. The van der Waals surface area contributed by atoms with E-state index in [4.69, 9.17) is 19.9 Å². The molecule has 90 valence electrons. The van der Waals surface area contributed by atoms with Gasteiger partial charge in [0.2, 0.25) is 0 Å². The summed E-state index contributed by atoms with van der Waals surface area (Å²) in [5, 5.41) is 0. The Morgan fingerprint density at radius 1 is 1.38 bits per heavy atom. The molecule has 1 aromatic rings. The number of anilines is 1. The molecule has 0 aliphatic rings. The van der Waals surface area contributed by atoms with Crippen molar-refractivity contribution in [2.75, 3.05) is 26.1 Å². The van der Waals surface area contributed by atoms with Crippen molar-refractivity contribution in [3.8, 4) is 11.5 Å². The van der Waals surface area contributed by atoms with Gasteiger partial charge in [-0.25, -0.2) is 0 Å². The fraction of sp³-hybridized carbons (Fsp3) is 0.500. The van der Waals surface area contributed by atoms with Crippen LogP contribution in [0.2, 0.25) is 0 Å². The van der Waals surface area contributed by atoms with Crippen molar-refractivity contribution < 1.29 is 14.2 Å². The van der Waals surface area contributed by atoms with Gasteiger partial charge in [0.25, 0.3) is 0 Å².